The van der Waals surface area contributed by atoms with E-state index >= 15 is 0 Å². The minimum atomic E-state index is -3.92. The summed E-state index contributed by atoms with van der Waals surface area (Å²) in [6.07, 6.45) is -0.324. The molecule has 39 heavy (non-hydrogen) atoms. The third kappa shape index (κ3) is 7.77. The maximum atomic E-state index is 13.4. The van der Waals surface area contributed by atoms with Crippen LogP contribution in [0, 0.1) is 5.92 Å². The first-order chi connectivity index (χ1) is 18.3. The summed E-state index contributed by atoms with van der Waals surface area (Å²) in [5, 5.41) is 3.36. The highest BCUT2D eigenvalue weighted by molar-refractivity contribution is 7.92. The van der Waals surface area contributed by atoms with Gasteiger partial charge in [-0.2, -0.15) is 0 Å². The predicted molar refractivity (Wildman–Crippen MR) is 151 cm³/mol. The number of carbonyl (C=O) groups is 2. The van der Waals surface area contributed by atoms with Gasteiger partial charge in [0.2, 0.25) is 0 Å². The SMILES string of the molecule is CO[C@H]1CN(C)C(=O)c2ccc(NS(=O)(=O)c3ccc(Cl)cc3)cc2OC[C@H](C)N(C(=O)NC(C)C)C[C@@H]1C. The van der Waals surface area contributed by atoms with Gasteiger partial charge in [0.05, 0.1) is 28.3 Å². The number of hydrogen-bond acceptors (Lipinski definition) is 6. The van der Waals surface area contributed by atoms with E-state index in [1.165, 1.54) is 47.4 Å². The lowest BCUT2D eigenvalue weighted by Crippen LogP contribution is -2.52. The quantitative estimate of drug-likeness (QED) is 0.551. The van der Waals surface area contributed by atoms with Gasteiger partial charge >= 0.3 is 6.03 Å². The van der Waals surface area contributed by atoms with Crippen molar-refractivity contribution in [3.63, 3.8) is 0 Å². The van der Waals surface area contributed by atoms with Crippen LogP contribution in [0.25, 0.3) is 0 Å². The fourth-order valence-electron chi connectivity index (χ4n) is 4.28. The second kappa shape index (κ2) is 12.9. The summed E-state index contributed by atoms with van der Waals surface area (Å²) >= 11 is 5.89. The molecule has 0 spiro atoms. The molecule has 0 unspecified atom stereocenters. The van der Waals surface area contributed by atoms with E-state index in [2.05, 4.69) is 10.0 Å². The summed E-state index contributed by atoms with van der Waals surface area (Å²) in [5.41, 5.74) is 0.483. The molecule has 1 heterocycles. The predicted octanol–water partition coefficient (Wildman–Crippen LogP) is 4.06. The van der Waals surface area contributed by atoms with E-state index in [0.29, 0.717) is 11.6 Å². The Hall–Kier alpha value is -3.02. The minimum Gasteiger partial charge on any atom is -0.491 e. The molecule has 0 aromatic heterocycles. The molecular weight excluding hydrogens is 544 g/mol. The van der Waals surface area contributed by atoms with Crippen LogP contribution in [0.1, 0.15) is 38.1 Å². The molecule has 0 saturated carbocycles. The van der Waals surface area contributed by atoms with Gasteiger partial charge in [0.25, 0.3) is 15.9 Å². The van der Waals surface area contributed by atoms with Crippen LogP contribution < -0.4 is 14.8 Å². The molecule has 0 radical (unpaired) electrons. The Bertz CT molecular complexity index is 1270. The Labute approximate surface area is 235 Å². The molecule has 214 valence electrons. The number of nitrogens with one attached hydrogen (secondary N) is 2. The maximum Gasteiger partial charge on any atom is 0.317 e. The molecule has 3 rings (SSSR count). The van der Waals surface area contributed by atoms with E-state index in [9.17, 15) is 18.0 Å². The Morgan fingerprint density at radius 1 is 1.13 bits per heavy atom. The molecule has 2 aromatic rings. The highest BCUT2D eigenvalue weighted by Crippen LogP contribution is 2.28. The van der Waals surface area contributed by atoms with Crippen molar-refractivity contribution in [1.29, 1.82) is 0 Å². The number of methoxy groups -OCH3 is 1. The van der Waals surface area contributed by atoms with Gasteiger partial charge in [-0.3, -0.25) is 9.52 Å². The third-order valence-corrected chi connectivity index (χ3v) is 8.15. The summed E-state index contributed by atoms with van der Waals surface area (Å²) in [6.45, 7) is 8.37. The number of fused-ring (bicyclic) bond motifs is 1. The highest BCUT2D eigenvalue weighted by atomic mass is 35.5. The van der Waals surface area contributed by atoms with E-state index in [1.807, 2.05) is 27.7 Å². The first-order valence-corrected chi connectivity index (χ1v) is 14.6. The number of rotatable bonds is 5. The zero-order chi connectivity index (χ0) is 28.9. The normalized spacial score (nSPS) is 20.9. The molecule has 0 aliphatic carbocycles. The van der Waals surface area contributed by atoms with Crippen molar-refractivity contribution in [1.82, 2.24) is 15.1 Å². The van der Waals surface area contributed by atoms with Crippen molar-refractivity contribution < 1.29 is 27.5 Å². The van der Waals surface area contributed by atoms with Gasteiger partial charge < -0.3 is 24.6 Å². The summed E-state index contributed by atoms with van der Waals surface area (Å²) in [6, 6.07) is 9.65. The number of likely N-dealkylation sites (N-methyl/N-ethyl adjacent to an activating group) is 1. The van der Waals surface area contributed by atoms with Crippen molar-refractivity contribution in [3.05, 3.63) is 53.1 Å². The van der Waals surface area contributed by atoms with Crippen LogP contribution in [0.2, 0.25) is 5.02 Å². The summed E-state index contributed by atoms with van der Waals surface area (Å²) in [7, 11) is -0.664. The zero-order valence-corrected chi connectivity index (χ0v) is 24.7. The van der Waals surface area contributed by atoms with Crippen molar-refractivity contribution in [2.75, 3.05) is 38.6 Å². The summed E-state index contributed by atoms with van der Waals surface area (Å²) < 4.78 is 40.2. The van der Waals surface area contributed by atoms with Crippen LogP contribution in [0.3, 0.4) is 0 Å². The van der Waals surface area contributed by atoms with E-state index in [1.54, 1.807) is 19.1 Å². The average molecular weight is 581 g/mol. The van der Waals surface area contributed by atoms with Crippen LogP contribution in [0.15, 0.2) is 47.4 Å². The van der Waals surface area contributed by atoms with Crippen molar-refractivity contribution >= 4 is 39.2 Å². The van der Waals surface area contributed by atoms with Crippen LogP contribution >= 0.6 is 11.6 Å². The molecule has 0 bridgehead atoms. The molecule has 2 aromatic carbocycles. The van der Waals surface area contributed by atoms with E-state index in [-0.39, 0.29) is 71.1 Å². The number of carbonyl (C=O) groups excluding carboxylic acids is 2. The molecule has 1 aliphatic rings. The minimum absolute atomic E-state index is 0.0385. The van der Waals surface area contributed by atoms with Crippen molar-refractivity contribution in [3.8, 4) is 5.75 Å². The van der Waals surface area contributed by atoms with E-state index in [4.69, 9.17) is 21.1 Å². The van der Waals surface area contributed by atoms with Gasteiger partial charge in [0.1, 0.15) is 12.4 Å². The van der Waals surface area contributed by atoms with Crippen LogP contribution in [-0.2, 0) is 14.8 Å². The summed E-state index contributed by atoms with van der Waals surface area (Å²) in [5.74, 6) is -0.176. The third-order valence-electron chi connectivity index (χ3n) is 6.50. The molecule has 0 saturated heterocycles. The molecule has 12 heteroatoms. The first-order valence-electron chi connectivity index (χ1n) is 12.7. The number of halogens is 1. The Kier molecular flexibility index (Phi) is 10.1. The molecule has 3 atom stereocenters. The largest absolute Gasteiger partial charge is 0.491 e. The highest BCUT2D eigenvalue weighted by Gasteiger charge is 2.30. The monoisotopic (exact) mass is 580 g/mol. The lowest BCUT2D eigenvalue weighted by Gasteiger charge is -2.36. The van der Waals surface area contributed by atoms with Crippen LogP contribution in [0.5, 0.6) is 5.75 Å². The molecule has 3 amide bonds. The second-order valence-corrected chi connectivity index (χ2v) is 12.2. The number of hydrogen-bond donors (Lipinski definition) is 2. The lowest BCUT2D eigenvalue weighted by atomic mass is 10.0. The van der Waals surface area contributed by atoms with Gasteiger partial charge in [-0.25, -0.2) is 13.2 Å². The van der Waals surface area contributed by atoms with Crippen LogP contribution in [0.4, 0.5) is 10.5 Å². The number of benzene rings is 2. The molecule has 0 fully saturated rings. The topological polar surface area (TPSA) is 117 Å². The number of anilines is 1. The van der Waals surface area contributed by atoms with Gasteiger partial charge in [0.15, 0.2) is 0 Å². The second-order valence-electron chi connectivity index (χ2n) is 10.1. The molecule has 2 N–H and O–H groups in total. The fourth-order valence-corrected chi connectivity index (χ4v) is 5.45. The Morgan fingerprint density at radius 2 is 1.79 bits per heavy atom. The first kappa shape index (κ1) is 30.5. The number of ether oxygens (including phenoxy) is 2. The Morgan fingerprint density at radius 3 is 2.41 bits per heavy atom. The maximum absolute atomic E-state index is 13.4. The number of nitrogens with zero attached hydrogens (tertiary/aromatic N) is 2. The van der Waals surface area contributed by atoms with E-state index < -0.39 is 10.0 Å². The number of amides is 3. The van der Waals surface area contributed by atoms with Gasteiger partial charge in [0, 0.05) is 50.3 Å². The fraction of sp³-hybridized carbons (Fsp3) is 0.481. The average Bonchev–Trinajstić information content (AvgIpc) is 2.87. The van der Waals surface area contributed by atoms with Crippen molar-refractivity contribution in [2.24, 2.45) is 5.92 Å². The van der Waals surface area contributed by atoms with Gasteiger partial charge in [-0.15, -0.1) is 0 Å². The zero-order valence-electron chi connectivity index (χ0n) is 23.1. The number of sulfonamides is 1. The summed E-state index contributed by atoms with van der Waals surface area (Å²) in [4.78, 5) is 29.8. The Balaban J connectivity index is 1.97. The van der Waals surface area contributed by atoms with Gasteiger partial charge in [-0.05, 0) is 57.2 Å². The molecule has 10 nitrogen and oxygen atoms in total. The molecular formula is C27H37ClN4O6S. The lowest BCUT2D eigenvalue weighted by molar-refractivity contribution is 0.0165. The van der Waals surface area contributed by atoms with Crippen molar-refractivity contribution in [2.45, 2.75) is 50.8 Å². The smallest absolute Gasteiger partial charge is 0.317 e. The van der Waals surface area contributed by atoms with Gasteiger partial charge in [-0.1, -0.05) is 18.5 Å². The van der Waals surface area contributed by atoms with E-state index in [0.717, 1.165) is 0 Å². The standard InChI is InChI=1S/C27H37ClN4O6S/c1-17(2)29-27(34)32-14-18(3)25(37-6)15-31(5)26(33)23-12-9-21(13-24(23)38-16-19(32)4)30-39(35,36)22-10-7-20(28)8-11-22/h7-13,17-19,25,30H,14-16H2,1-6H3,(H,29,34)/t18-,19-,25-/m0/s1. The van der Waals surface area contributed by atoms with Crippen LogP contribution in [-0.4, -0.2) is 82.2 Å². The molecule has 1 aliphatic heterocycles. The number of urea groups is 1.